The Morgan fingerprint density at radius 3 is 2.67 bits per heavy atom. The van der Waals surface area contributed by atoms with E-state index in [2.05, 4.69) is 15.3 Å². The van der Waals surface area contributed by atoms with E-state index in [4.69, 9.17) is 16.2 Å². The summed E-state index contributed by atoms with van der Waals surface area (Å²) in [6, 6.07) is 5.79. The highest BCUT2D eigenvalue weighted by Gasteiger charge is 2.46. The number of Topliss-reactive ketones (excluding diaryl/α,β-unsaturated/α-hetero) is 1. The zero-order chi connectivity index (χ0) is 28.6. The molecule has 40 heavy (non-hydrogen) atoms. The number of benzene rings is 1. The molecule has 1 aromatic heterocycles. The summed E-state index contributed by atoms with van der Waals surface area (Å²) < 4.78 is 5.17. The van der Waals surface area contributed by atoms with Gasteiger partial charge in [-0.15, -0.1) is 11.3 Å². The topological polar surface area (TPSA) is 173 Å². The number of nitrogens with one attached hydrogen (secondary N) is 1. The van der Waals surface area contributed by atoms with Gasteiger partial charge in [-0.25, -0.2) is 4.98 Å². The number of rotatable bonds is 12. The van der Waals surface area contributed by atoms with E-state index in [0.717, 1.165) is 11.3 Å². The van der Waals surface area contributed by atoms with Gasteiger partial charge in [0.25, 0.3) is 0 Å². The first-order chi connectivity index (χ1) is 19.3. The highest BCUT2D eigenvalue weighted by molar-refractivity contribution is 7.11. The fourth-order valence-electron chi connectivity index (χ4n) is 5.19. The van der Waals surface area contributed by atoms with Crippen LogP contribution >= 0.6 is 11.3 Å². The molecular formula is C27H35N7O5S. The van der Waals surface area contributed by atoms with Gasteiger partial charge in [0, 0.05) is 31.1 Å². The van der Waals surface area contributed by atoms with Crippen molar-refractivity contribution in [2.24, 2.45) is 16.5 Å². The van der Waals surface area contributed by atoms with Gasteiger partial charge >= 0.3 is 0 Å². The number of methoxy groups -OCH3 is 1. The average Bonchev–Trinajstić information content (AvgIpc) is 3.64. The van der Waals surface area contributed by atoms with Crippen molar-refractivity contribution < 1.29 is 23.9 Å². The first-order valence-corrected chi connectivity index (χ1v) is 14.2. The van der Waals surface area contributed by atoms with Crippen molar-refractivity contribution in [1.29, 1.82) is 0 Å². The lowest BCUT2D eigenvalue weighted by atomic mass is 10.1. The van der Waals surface area contributed by atoms with Crippen LogP contribution in [0.25, 0.3) is 0 Å². The Kier molecular flexibility index (Phi) is 9.70. The van der Waals surface area contributed by atoms with Crippen molar-refractivity contribution in [2.45, 2.75) is 56.7 Å². The SMILES string of the molecule is COc1ccc(CCC(=O)N2CC(=O)N3[C@@H](CC[C@H]3C(=O)NC(CCCN=C(N)N)C(=O)c3nccs3)C2)cc1. The Morgan fingerprint density at radius 1 is 1.23 bits per heavy atom. The number of amides is 3. The van der Waals surface area contributed by atoms with Crippen molar-refractivity contribution in [2.75, 3.05) is 26.7 Å². The van der Waals surface area contributed by atoms with Gasteiger partial charge in [0.1, 0.15) is 11.8 Å². The molecule has 3 amide bonds. The molecule has 0 bridgehead atoms. The molecule has 214 valence electrons. The maximum Gasteiger partial charge on any atom is 0.243 e. The largest absolute Gasteiger partial charge is 0.497 e. The molecular weight excluding hydrogens is 534 g/mol. The predicted octanol–water partition coefficient (Wildman–Crippen LogP) is 0.707. The fourth-order valence-corrected chi connectivity index (χ4v) is 5.82. The number of ether oxygens (including phenoxy) is 1. The van der Waals surface area contributed by atoms with E-state index in [1.54, 1.807) is 22.3 Å². The van der Waals surface area contributed by atoms with Gasteiger partial charge in [0.05, 0.1) is 25.7 Å². The van der Waals surface area contributed by atoms with Crippen LogP contribution in [0, 0.1) is 0 Å². The molecule has 1 unspecified atom stereocenters. The number of nitrogens with two attached hydrogens (primary N) is 2. The number of carbonyl (C=O) groups is 4. The van der Waals surface area contributed by atoms with E-state index in [-0.39, 0.29) is 48.5 Å². The van der Waals surface area contributed by atoms with Crippen LogP contribution in [0.4, 0.5) is 0 Å². The smallest absolute Gasteiger partial charge is 0.243 e. The molecule has 3 atom stereocenters. The summed E-state index contributed by atoms with van der Waals surface area (Å²) in [4.78, 5) is 63.7. The van der Waals surface area contributed by atoms with Crippen LogP contribution in [0.3, 0.4) is 0 Å². The Labute approximate surface area is 236 Å². The normalized spacial score (nSPS) is 19.1. The minimum atomic E-state index is -0.817. The van der Waals surface area contributed by atoms with Crippen molar-refractivity contribution in [1.82, 2.24) is 20.1 Å². The molecule has 0 aliphatic carbocycles. The van der Waals surface area contributed by atoms with Crippen molar-refractivity contribution in [3.8, 4) is 5.75 Å². The van der Waals surface area contributed by atoms with E-state index in [9.17, 15) is 19.2 Å². The number of hydrogen-bond donors (Lipinski definition) is 3. The molecule has 2 aliphatic heterocycles. The second-order valence-corrected chi connectivity index (χ2v) is 10.8. The quantitative estimate of drug-likeness (QED) is 0.145. The van der Waals surface area contributed by atoms with Gasteiger partial charge in [-0.05, 0) is 49.8 Å². The van der Waals surface area contributed by atoms with Gasteiger partial charge in [-0.2, -0.15) is 0 Å². The van der Waals surface area contributed by atoms with E-state index >= 15 is 0 Å². The van der Waals surface area contributed by atoms with E-state index < -0.39 is 12.1 Å². The van der Waals surface area contributed by atoms with Crippen LogP contribution in [-0.4, -0.2) is 89.1 Å². The molecule has 2 saturated heterocycles. The van der Waals surface area contributed by atoms with Crippen LogP contribution in [0.15, 0.2) is 40.8 Å². The Balaban J connectivity index is 1.34. The molecule has 1 aromatic carbocycles. The number of ketones is 1. The fraction of sp³-hybridized carbons (Fsp3) is 0.481. The lowest BCUT2D eigenvalue weighted by Gasteiger charge is -2.39. The summed E-state index contributed by atoms with van der Waals surface area (Å²) in [6.07, 6.45) is 4.24. The Hall–Kier alpha value is -4.00. The maximum atomic E-state index is 13.4. The van der Waals surface area contributed by atoms with Gasteiger partial charge in [-0.3, -0.25) is 24.2 Å². The monoisotopic (exact) mass is 569 g/mol. The third kappa shape index (κ3) is 7.14. The van der Waals surface area contributed by atoms with Crippen LogP contribution in [0.2, 0.25) is 0 Å². The first-order valence-electron chi connectivity index (χ1n) is 13.3. The summed E-state index contributed by atoms with van der Waals surface area (Å²) in [5.41, 5.74) is 11.8. The van der Waals surface area contributed by atoms with Crippen LogP contribution in [0.5, 0.6) is 5.75 Å². The molecule has 3 heterocycles. The Morgan fingerprint density at radius 2 is 2.00 bits per heavy atom. The number of fused-ring (bicyclic) bond motifs is 1. The summed E-state index contributed by atoms with van der Waals surface area (Å²) >= 11 is 1.20. The van der Waals surface area contributed by atoms with Crippen molar-refractivity contribution >= 4 is 40.8 Å². The molecule has 0 saturated carbocycles. The van der Waals surface area contributed by atoms with Crippen LogP contribution in [-0.2, 0) is 20.8 Å². The minimum Gasteiger partial charge on any atom is -0.497 e. The zero-order valence-corrected chi connectivity index (χ0v) is 23.3. The third-order valence-corrected chi connectivity index (χ3v) is 8.00. The molecule has 13 heteroatoms. The molecule has 0 radical (unpaired) electrons. The molecule has 2 aromatic rings. The number of nitrogens with zero attached hydrogens (tertiary/aromatic N) is 4. The predicted molar refractivity (Wildman–Crippen MR) is 150 cm³/mol. The molecule has 4 rings (SSSR count). The molecule has 5 N–H and O–H groups in total. The summed E-state index contributed by atoms with van der Waals surface area (Å²) in [6.45, 7) is 0.636. The number of aromatic nitrogens is 1. The van der Waals surface area contributed by atoms with Crippen molar-refractivity contribution in [3.05, 3.63) is 46.4 Å². The second kappa shape index (κ2) is 13.4. The van der Waals surface area contributed by atoms with Gasteiger partial charge < -0.3 is 31.3 Å². The lowest BCUT2D eigenvalue weighted by Crippen LogP contribution is -2.60. The Bertz CT molecular complexity index is 1230. The average molecular weight is 570 g/mol. The lowest BCUT2D eigenvalue weighted by molar-refractivity contribution is -0.151. The van der Waals surface area contributed by atoms with E-state index in [0.29, 0.717) is 50.2 Å². The van der Waals surface area contributed by atoms with E-state index in [1.165, 1.54) is 17.5 Å². The number of carbonyl (C=O) groups excluding carboxylic acids is 4. The first kappa shape index (κ1) is 29.0. The van der Waals surface area contributed by atoms with Crippen molar-refractivity contribution in [3.63, 3.8) is 0 Å². The number of hydrogen-bond acceptors (Lipinski definition) is 8. The zero-order valence-electron chi connectivity index (χ0n) is 22.5. The molecule has 12 nitrogen and oxygen atoms in total. The van der Waals surface area contributed by atoms with Crippen LogP contribution < -0.4 is 21.5 Å². The number of aryl methyl sites for hydroxylation is 1. The highest BCUT2D eigenvalue weighted by atomic mass is 32.1. The maximum absolute atomic E-state index is 13.4. The summed E-state index contributed by atoms with van der Waals surface area (Å²) in [5.74, 6) is -0.316. The van der Waals surface area contributed by atoms with Gasteiger partial charge in [0.15, 0.2) is 11.0 Å². The van der Waals surface area contributed by atoms with Crippen LogP contribution in [0.1, 0.15) is 47.5 Å². The standard InChI is InChI=1S/C27H35N7O5S/c1-39-19-8-4-17(5-9-19)6-11-22(35)33-15-18-7-10-21(34(18)23(36)16-33)25(38)32-20(3-2-12-31-27(28)29)24(37)26-30-13-14-40-26/h4-5,8-9,13-14,18,20-21H,2-3,6-7,10-12,15-16H2,1H3,(H,32,38)(H4,28,29,31)/t18-,20?,21-/m0/s1. The molecule has 2 fully saturated rings. The molecule has 2 aliphatic rings. The number of piperazine rings is 1. The van der Waals surface area contributed by atoms with E-state index in [1.807, 2.05) is 24.3 Å². The summed E-state index contributed by atoms with van der Waals surface area (Å²) in [7, 11) is 1.60. The van der Waals surface area contributed by atoms with Gasteiger partial charge in [0.2, 0.25) is 23.5 Å². The second-order valence-electron chi connectivity index (χ2n) is 9.88. The highest BCUT2D eigenvalue weighted by Crippen LogP contribution is 2.29. The number of aliphatic imine (C=N–C) groups is 1. The summed E-state index contributed by atoms with van der Waals surface area (Å²) in [5, 5.41) is 4.85. The van der Waals surface area contributed by atoms with Gasteiger partial charge in [-0.1, -0.05) is 12.1 Å². The third-order valence-electron chi connectivity index (χ3n) is 7.21. The minimum absolute atomic E-state index is 0.0410. The number of guanidine groups is 1. The number of thiazole rings is 1. The molecule has 0 spiro atoms.